The summed E-state index contributed by atoms with van der Waals surface area (Å²) < 4.78 is 1.76. The number of hydrogen-bond donors (Lipinski definition) is 0. The second kappa shape index (κ2) is 12.0. The number of halogens is 2. The Kier molecular flexibility index (Phi) is 10.9. The van der Waals surface area contributed by atoms with Gasteiger partial charge in [0.15, 0.2) is 0 Å². The fraction of sp³-hybridized carbons (Fsp3) is 0.379. The quantitative estimate of drug-likeness (QED) is 0.381. The number of benzene rings is 2. The van der Waals surface area contributed by atoms with E-state index in [1.54, 1.807) is 27.4 Å². The first-order valence-electron chi connectivity index (χ1n) is 11.0. The van der Waals surface area contributed by atoms with E-state index in [4.69, 9.17) is 0 Å². The minimum atomic E-state index is 0. The monoisotopic (exact) mass is 542 g/mol. The summed E-state index contributed by atoms with van der Waals surface area (Å²) >= 11 is 1.66. The fourth-order valence-corrected chi connectivity index (χ4v) is 3.64. The Morgan fingerprint density at radius 3 is 1.47 bits per heavy atom. The van der Waals surface area contributed by atoms with E-state index in [9.17, 15) is 0 Å². The molecule has 5 rings (SSSR count). The van der Waals surface area contributed by atoms with Gasteiger partial charge >= 0.3 is 40.3 Å². The van der Waals surface area contributed by atoms with Gasteiger partial charge in [0.2, 0.25) is 0 Å². The molecule has 0 nitrogen and oxygen atoms in total. The van der Waals surface area contributed by atoms with Crippen molar-refractivity contribution in [1.82, 2.24) is 0 Å². The van der Waals surface area contributed by atoms with Crippen molar-refractivity contribution in [3.63, 3.8) is 0 Å². The Labute approximate surface area is 222 Å². The van der Waals surface area contributed by atoms with E-state index in [-0.39, 0.29) is 35.6 Å². The topological polar surface area (TPSA) is 0 Å². The van der Waals surface area contributed by atoms with Crippen LogP contribution in [0.15, 0.2) is 60.7 Å². The van der Waals surface area contributed by atoms with Gasteiger partial charge in [0.25, 0.3) is 0 Å². The van der Waals surface area contributed by atoms with E-state index in [2.05, 4.69) is 96.2 Å². The van der Waals surface area contributed by atoms with Crippen LogP contribution in [0.3, 0.4) is 0 Å². The van der Waals surface area contributed by atoms with E-state index >= 15 is 0 Å². The Bertz CT molecular complexity index is 1020. The van der Waals surface area contributed by atoms with Crippen LogP contribution < -0.4 is 24.8 Å². The predicted octanol–water partition coefficient (Wildman–Crippen LogP) is 2.12. The third-order valence-electron chi connectivity index (χ3n) is 5.53. The molecule has 1 saturated carbocycles. The Hall–Kier alpha value is -0.877. The molecule has 170 valence electrons. The van der Waals surface area contributed by atoms with Crippen LogP contribution in [0.2, 0.25) is 0 Å². The van der Waals surface area contributed by atoms with Crippen LogP contribution in [0.5, 0.6) is 0 Å². The predicted molar refractivity (Wildman–Crippen MR) is 130 cm³/mol. The SMILES string of the molecule is CC(C)(C)c1ccc2[cH-]c3ccc(C(C)(C)C)cc3c2c1.[C-]1=CC=CC1.[Cl-].[Cl-].[Zr+2]=[C]1CC1. The third kappa shape index (κ3) is 8.16. The molecule has 0 radical (unpaired) electrons. The molecule has 1 fully saturated rings. The molecule has 0 bridgehead atoms. The summed E-state index contributed by atoms with van der Waals surface area (Å²) in [5, 5.41) is 5.49. The summed E-state index contributed by atoms with van der Waals surface area (Å²) in [4.78, 5) is 0. The summed E-state index contributed by atoms with van der Waals surface area (Å²) in [6.07, 6.45) is 12.9. The Balaban J connectivity index is 0.000000387. The molecule has 0 amide bonds. The second-order valence-corrected chi connectivity index (χ2v) is 12.1. The van der Waals surface area contributed by atoms with Crippen molar-refractivity contribution in [2.24, 2.45) is 0 Å². The average Bonchev–Trinajstić information content (AvgIpc) is 3.15. The molecule has 0 N–H and O–H groups in total. The van der Waals surface area contributed by atoms with Crippen LogP contribution in [0.4, 0.5) is 0 Å². The van der Waals surface area contributed by atoms with E-state index in [0.717, 1.165) is 6.42 Å². The molecule has 0 aromatic heterocycles. The molecule has 0 unspecified atom stereocenters. The van der Waals surface area contributed by atoms with Crippen molar-refractivity contribution in [3.8, 4) is 0 Å². The molecule has 3 aromatic rings. The maximum absolute atomic E-state index is 2.99. The molecule has 3 aromatic carbocycles. The fourth-order valence-electron chi connectivity index (χ4n) is 3.33. The van der Waals surface area contributed by atoms with Crippen LogP contribution in [-0.4, -0.2) is 3.21 Å². The molecule has 32 heavy (non-hydrogen) atoms. The molecule has 2 aliphatic carbocycles. The number of rotatable bonds is 0. The normalized spacial score (nSPS) is 14.2. The molecule has 2 aliphatic rings. The number of hydrogen-bond acceptors (Lipinski definition) is 0. The maximum atomic E-state index is 2.99. The molecule has 0 spiro atoms. The number of fused-ring (bicyclic) bond motifs is 3. The Morgan fingerprint density at radius 1 is 0.781 bits per heavy atom. The Morgan fingerprint density at radius 2 is 1.22 bits per heavy atom. The first-order valence-corrected chi connectivity index (χ1v) is 12.2. The zero-order valence-electron chi connectivity index (χ0n) is 20.2. The van der Waals surface area contributed by atoms with Gasteiger partial charge in [-0.25, -0.2) is 12.2 Å². The van der Waals surface area contributed by atoms with Crippen LogP contribution in [-0.2, 0) is 35.1 Å². The molecule has 0 aliphatic heterocycles. The number of allylic oxidation sites excluding steroid dienone is 4. The summed E-state index contributed by atoms with van der Waals surface area (Å²) in [7, 11) is 0. The van der Waals surface area contributed by atoms with Gasteiger partial charge in [-0.15, -0.1) is 46.2 Å². The average molecular weight is 545 g/mol. The zero-order chi connectivity index (χ0) is 21.9. The summed E-state index contributed by atoms with van der Waals surface area (Å²) in [6, 6.07) is 16.1. The van der Waals surface area contributed by atoms with E-state index in [1.807, 2.05) is 12.2 Å². The molecule has 0 heterocycles. The van der Waals surface area contributed by atoms with Crippen molar-refractivity contribution in [1.29, 1.82) is 0 Å². The standard InChI is InChI=1S/C21H25.C5H5.C3H4.2ClH.Zr/c1-20(2,3)16-9-7-14-11-15-8-10-17(21(4,5)6)13-19(15)18(14)12-16;1-2-4-5-3-1;1-2-3-1;;;/h7-13H,1-6H3;1-3H,4H2;1-2H2;2*1H;/q2*-1;;;;+2/p-2. The van der Waals surface area contributed by atoms with Gasteiger partial charge in [0, 0.05) is 0 Å². The van der Waals surface area contributed by atoms with E-state index in [0.29, 0.717) is 0 Å². The van der Waals surface area contributed by atoms with Crippen LogP contribution >= 0.6 is 0 Å². The third-order valence-corrected chi connectivity index (χ3v) is 6.75. The van der Waals surface area contributed by atoms with E-state index < -0.39 is 0 Å². The van der Waals surface area contributed by atoms with Crippen LogP contribution in [0, 0.1) is 6.08 Å². The molecular formula is C29H34Cl2Zr-2. The first kappa shape index (κ1) is 29.2. The molecule has 0 atom stereocenters. The van der Waals surface area contributed by atoms with Crippen molar-refractivity contribution in [2.75, 3.05) is 0 Å². The van der Waals surface area contributed by atoms with Gasteiger partial charge in [-0.05, 0) is 10.8 Å². The van der Waals surface area contributed by atoms with Crippen molar-refractivity contribution in [3.05, 3.63) is 77.9 Å². The molecule has 0 saturated heterocycles. The van der Waals surface area contributed by atoms with Gasteiger partial charge in [-0.2, -0.15) is 6.08 Å². The van der Waals surface area contributed by atoms with Gasteiger partial charge in [0.05, 0.1) is 0 Å². The van der Waals surface area contributed by atoms with Gasteiger partial charge < -0.3 is 24.8 Å². The summed E-state index contributed by atoms with van der Waals surface area (Å²) in [5.41, 5.74) is 3.20. The van der Waals surface area contributed by atoms with Crippen molar-refractivity contribution < 1.29 is 49.0 Å². The second-order valence-electron chi connectivity index (χ2n) is 10.4. The molecular weight excluding hydrogens is 510 g/mol. The first-order chi connectivity index (χ1) is 14.1. The molecule has 3 heteroatoms. The summed E-state index contributed by atoms with van der Waals surface area (Å²) in [6.45, 7) is 13.7. The van der Waals surface area contributed by atoms with Crippen LogP contribution in [0.1, 0.15) is 71.9 Å². The van der Waals surface area contributed by atoms with Crippen molar-refractivity contribution >= 4 is 24.8 Å². The zero-order valence-corrected chi connectivity index (χ0v) is 24.1. The van der Waals surface area contributed by atoms with Gasteiger partial charge in [-0.1, -0.05) is 76.9 Å². The van der Waals surface area contributed by atoms with Crippen molar-refractivity contribution in [2.45, 2.75) is 71.6 Å². The van der Waals surface area contributed by atoms with Gasteiger partial charge in [0.1, 0.15) is 0 Å². The minimum absolute atomic E-state index is 0. The van der Waals surface area contributed by atoms with Gasteiger partial charge in [-0.3, -0.25) is 6.08 Å². The van der Waals surface area contributed by atoms with Crippen LogP contribution in [0.25, 0.3) is 21.5 Å². The summed E-state index contributed by atoms with van der Waals surface area (Å²) in [5.74, 6) is 0. The van der Waals surface area contributed by atoms with E-state index in [1.165, 1.54) is 45.5 Å².